The quantitative estimate of drug-likeness (QED) is 0.485. The van der Waals surface area contributed by atoms with E-state index in [0.717, 1.165) is 0 Å². The summed E-state index contributed by atoms with van der Waals surface area (Å²) in [6.45, 7) is 2.13. The average Bonchev–Trinajstić information content (AvgIpc) is 3.18. The number of imidazole rings is 1. The molecule has 4 rings (SSSR count). The first-order chi connectivity index (χ1) is 12.3. The molecule has 0 aliphatic rings. The number of aryl methyl sites for hydroxylation is 1. The van der Waals surface area contributed by atoms with Crippen molar-refractivity contribution in [2.24, 2.45) is 0 Å². The summed E-state index contributed by atoms with van der Waals surface area (Å²) in [5.41, 5.74) is 6.28. The van der Waals surface area contributed by atoms with Crippen LogP contribution in [0.4, 0.5) is 0 Å². The first kappa shape index (κ1) is 15.4. The monoisotopic (exact) mass is 324 g/mol. The molecule has 0 saturated carbocycles. The van der Waals surface area contributed by atoms with Crippen molar-refractivity contribution in [2.45, 2.75) is 13.0 Å². The van der Waals surface area contributed by atoms with Crippen molar-refractivity contribution in [1.29, 1.82) is 0 Å². The van der Waals surface area contributed by atoms with Gasteiger partial charge in [0.15, 0.2) is 0 Å². The summed E-state index contributed by atoms with van der Waals surface area (Å²) in [4.78, 5) is 4.23. The van der Waals surface area contributed by atoms with Gasteiger partial charge in [-0.3, -0.25) is 0 Å². The van der Waals surface area contributed by atoms with Crippen LogP contribution in [0.3, 0.4) is 0 Å². The van der Waals surface area contributed by atoms with Crippen LogP contribution in [0, 0.1) is 6.92 Å². The Hall–Kier alpha value is -3.13. The molecule has 1 atom stereocenters. The van der Waals surface area contributed by atoms with Gasteiger partial charge in [-0.05, 0) is 29.2 Å². The van der Waals surface area contributed by atoms with Crippen LogP contribution < -0.4 is 0 Å². The molecule has 0 aliphatic heterocycles. The van der Waals surface area contributed by atoms with Crippen LogP contribution in [0.1, 0.15) is 22.7 Å². The second kappa shape index (κ2) is 6.78. The molecule has 25 heavy (non-hydrogen) atoms. The summed E-state index contributed by atoms with van der Waals surface area (Å²) in [7, 11) is 0. The first-order valence-electron chi connectivity index (χ1n) is 8.51. The standard InChI is InChI=1S/C23H20N2/c1-18-6-5-9-22(16-18)19-10-12-21(13-11-19)23(25-15-14-24-17-25)20-7-3-2-4-8-20/h2-17,23H,1H3. The van der Waals surface area contributed by atoms with Crippen molar-refractivity contribution in [3.63, 3.8) is 0 Å². The van der Waals surface area contributed by atoms with Crippen LogP contribution in [-0.4, -0.2) is 9.55 Å². The van der Waals surface area contributed by atoms with E-state index in [1.54, 1.807) is 0 Å². The molecule has 2 nitrogen and oxygen atoms in total. The molecule has 0 fully saturated rings. The van der Waals surface area contributed by atoms with E-state index in [0.29, 0.717) is 0 Å². The normalized spacial score (nSPS) is 12.0. The molecule has 0 amide bonds. The number of aromatic nitrogens is 2. The van der Waals surface area contributed by atoms with Crippen LogP contribution in [-0.2, 0) is 0 Å². The van der Waals surface area contributed by atoms with Crippen LogP contribution in [0.2, 0.25) is 0 Å². The lowest BCUT2D eigenvalue weighted by Crippen LogP contribution is -2.10. The minimum absolute atomic E-state index is 0.134. The largest absolute Gasteiger partial charge is 0.326 e. The Morgan fingerprint density at radius 2 is 1.52 bits per heavy atom. The van der Waals surface area contributed by atoms with Crippen LogP contribution >= 0.6 is 0 Å². The number of nitrogens with zero attached hydrogens (tertiary/aromatic N) is 2. The van der Waals surface area contributed by atoms with E-state index in [1.165, 1.54) is 27.8 Å². The minimum atomic E-state index is 0.134. The predicted octanol–water partition coefficient (Wildman–Crippen LogP) is 5.50. The number of hydrogen-bond donors (Lipinski definition) is 0. The van der Waals surface area contributed by atoms with Gasteiger partial charge in [0.05, 0.1) is 12.4 Å². The molecule has 0 bridgehead atoms. The Morgan fingerprint density at radius 1 is 0.760 bits per heavy atom. The van der Waals surface area contributed by atoms with E-state index < -0.39 is 0 Å². The minimum Gasteiger partial charge on any atom is -0.326 e. The highest BCUT2D eigenvalue weighted by atomic mass is 15.0. The van der Waals surface area contributed by atoms with Gasteiger partial charge >= 0.3 is 0 Å². The molecule has 3 aromatic carbocycles. The highest BCUT2D eigenvalue weighted by Gasteiger charge is 2.15. The number of benzene rings is 3. The van der Waals surface area contributed by atoms with E-state index in [1.807, 2.05) is 18.7 Å². The Morgan fingerprint density at radius 3 is 2.20 bits per heavy atom. The van der Waals surface area contributed by atoms with Gasteiger partial charge in [0.1, 0.15) is 0 Å². The molecular formula is C23H20N2. The highest BCUT2D eigenvalue weighted by Crippen LogP contribution is 2.29. The molecule has 1 unspecified atom stereocenters. The van der Waals surface area contributed by atoms with Gasteiger partial charge in [0.2, 0.25) is 0 Å². The van der Waals surface area contributed by atoms with E-state index in [2.05, 4.69) is 95.3 Å². The third-order valence-corrected chi connectivity index (χ3v) is 4.52. The Balaban J connectivity index is 1.73. The maximum absolute atomic E-state index is 4.23. The number of rotatable bonds is 4. The van der Waals surface area contributed by atoms with E-state index >= 15 is 0 Å². The van der Waals surface area contributed by atoms with Gasteiger partial charge in [0.25, 0.3) is 0 Å². The Labute approximate surface area is 148 Å². The van der Waals surface area contributed by atoms with Crippen molar-refractivity contribution in [3.05, 3.63) is 114 Å². The SMILES string of the molecule is Cc1cccc(-c2ccc(C(c3ccccc3)n3ccnc3)cc2)c1. The fraction of sp³-hybridized carbons (Fsp3) is 0.0870. The molecule has 1 heterocycles. The van der Waals surface area contributed by atoms with Crippen molar-refractivity contribution in [3.8, 4) is 11.1 Å². The smallest absolute Gasteiger partial charge is 0.0954 e. The molecule has 1 aromatic heterocycles. The lowest BCUT2D eigenvalue weighted by Gasteiger charge is -2.20. The summed E-state index contributed by atoms with van der Waals surface area (Å²) in [6, 6.07) is 28.1. The maximum atomic E-state index is 4.23. The zero-order chi connectivity index (χ0) is 17.1. The molecular weight excluding hydrogens is 304 g/mol. The highest BCUT2D eigenvalue weighted by molar-refractivity contribution is 5.64. The summed E-state index contributed by atoms with van der Waals surface area (Å²) in [5.74, 6) is 0. The van der Waals surface area contributed by atoms with Gasteiger partial charge in [-0.1, -0.05) is 84.4 Å². The van der Waals surface area contributed by atoms with Gasteiger partial charge in [0, 0.05) is 12.4 Å². The maximum Gasteiger partial charge on any atom is 0.0954 e. The van der Waals surface area contributed by atoms with E-state index in [-0.39, 0.29) is 6.04 Å². The van der Waals surface area contributed by atoms with Crippen LogP contribution in [0.25, 0.3) is 11.1 Å². The molecule has 0 aliphatic carbocycles. The van der Waals surface area contributed by atoms with Crippen molar-refractivity contribution in [1.82, 2.24) is 9.55 Å². The van der Waals surface area contributed by atoms with Crippen LogP contribution in [0.15, 0.2) is 97.6 Å². The van der Waals surface area contributed by atoms with Gasteiger partial charge in [-0.15, -0.1) is 0 Å². The van der Waals surface area contributed by atoms with Crippen LogP contribution in [0.5, 0.6) is 0 Å². The first-order valence-corrected chi connectivity index (χ1v) is 8.51. The Kier molecular flexibility index (Phi) is 4.17. The number of hydrogen-bond acceptors (Lipinski definition) is 1. The molecule has 0 radical (unpaired) electrons. The van der Waals surface area contributed by atoms with E-state index in [9.17, 15) is 0 Å². The summed E-state index contributed by atoms with van der Waals surface area (Å²) in [6.07, 6.45) is 5.73. The molecule has 0 N–H and O–H groups in total. The zero-order valence-electron chi connectivity index (χ0n) is 14.2. The third kappa shape index (κ3) is 3.24. The zero-order valence-corrected chi connectivity index (χ0v) is 14.2. The summed E-state index contributed by atoms with van der Waals surface area (Å²) in [5, 5.41) is 0. The fourth-order valence-corrected chi connectivity index (χ4v) is 3.28. The summed E-state index contributed by atoms with van der Waals surface area (Å²) >= 11 is 0. The lowest BCUT2D eigenvalue weighted by atomic mass is 9.95. The fourth-order valence-electron chi connectivity index (χ4n) is 3.28. The molecule has 122 valence electrons. The third-order valence-electron chi connectivity index (χ3n) is 4.52. The van der Waals surface area contributed by atoms with Crippen molar-refractivity contribution < 1.29 is 0 Å². The topological polar surface area (TPSA) is 17.8 Å². The second-order valence-corrected chi connectivity index (χ2v) is 6.31. The summed E-state index contributed by atoms with van der Waals surface area (Å²) < 4.78 is 2.15. The van der Waals surface area contributed by atoms with Gasteiger partial charge < -0.3 is 4.57 Å². The van der Waals surface area contributed by atoms with E-state index in [4.69, 9.17) is 0 Å². The second-order valence-electron chi connectivity index (χ2n) is 6.31. The van der Waals surface area contributed by atoms with Crippen molar-refractivity contribution >= 4 is 0 Å². The molecule has 0 saturated heterocycles. The van der Waals surface area contributed by atoms with Gasteiger partial charge in [-0.2, -0.15) is 0 Å². The van der Waals surface area contributed by atoms with Gasteiger partial charge in [-0.25, -0.2) is 4.98 Å². The lowest BCUT2D eigenvalue weighted by molar-refractivity contribution is 0.677. The predicted molar refractivity (Wildman–Crippen MR) is 103 cm³/mol. The molecule has 2 heteroatoms. The average molecular weight is 324 g/mol. The molecule has 4 aromatic rings. The molecule has 0 spiro atoms. The van der Waals surface area contributed by atoms with Crippen molar-refractivity contribution in [2.75, 3.05) is 0 Å². The Bertz CT molecular complexity index is 939.